The highest BCUT2D eigenvalue weighted by Gasteiger charge is 2.17. The Bertz CT molecular complexity index is 841. The van der Waals surface area contributed by atoms with E-state index < -0.39 is 9.84 Å². The minimum atomic E-state index is -3.20. The Labute approximate surface area is 155 Å². The molecule has 0 radical (unpaired) electrons. The van der Waals surface area contributed by atoms with Gasteiger partial charge in [-0.25, -0.2) is 8.42 Å². The smallest absolute Gasteiger partial charge is 0.178 e. The molecule has 1 N–H and O–H groups in total. The van der Waals surface area contributed by atoms with Crippen molar-refractivity contribution < 1.29 is 17.9 Å². The van der Waals surface area contributed by atoms with E-state index in [1.165, 1.54) is 0 Å². The summed E-state index contributed by atoms with van der Waals surface area (Å²) in [6, 6.07) is 12.6. The molecule has 1 saturated heterocycles. The highest BCUT2D eigenvalue weighted by atomic mass is 32.2. The molecule has 1 aliphatic rings. The summed E-state index contributed by atoms with van der Waals surface area (Å²) in [5.74, 6) is 1.98. The van der Waals surface area contributed by atoms with Crippen molar-refractivity contribution in [2.45, 2.75) is 25.2 Å². The lowest BCUT2D eigenvalue weighted by Gasteiger charge is -2.17. The predicted octanol–water partition coefficient (Wildman–Crippen LogP) is 4.03. The molecular formula is C20H25NO4S. The van der Waals surface area contributed by atoms with Crippen LogP contribution in [0.25, 0.3) is 0 Å². The van der Waals surface area contributed by atoms with Gasteiger partial charge in [-0.15, -0.1) is 0 Å². The number of aryl methyl sites for hydroxylation is 1. The van der Waals surface area contributed by atoms with Gasteiger partial charge >= 0.3 is 0 Å². The van der Waals surface area contributed by atoms with Crippen molar-refractivity contribution in [1.29, 1.82) is 0 Å². The van der Waals surface area contributed by atoms with Crippen molar-refractivity contribution in [1.82, 2.24) is 0 Å². The quantitative estimate of drug-likeness (QED) is 0.791. The van der Waals surface area contributed by atoms with Crippen molar-refractivity contribution in [2.24, 2.45) is 5.92 Å². The summed E-state index contributed by atoms with van der Waals surface area (Å²) >= 11 is 0. The van der Waals surface area contributed by atoms with Crippen molar-refractivity contribution >= 4 is 15.5 Å². The minimum Gasteiger partial charge on any atom is -0.455 e. The van der Waals surface area contributed by atoms with E-state index in [2.05, 4.69) is 5.32 Å². The number of ether oxygens (including phenoxy) is 2. The van der Waals surface area contributed by atoms with Gasteiger partial charge in [-0.1, -0.05) is 19.1 Å². The monoisotopic (exact) mass is 375 g/mol. The van der Waals surface area contributed by atoms with Gasteiger partial charge < -0.3 is 14.8 Å². The van der Waals surface area contributed by atoms with Gasteiger partial charge in [0.05, 0.1) is 22.9 Å². The normalized spacial score (nSPS) is 17.2. The second kappa shape index (κ2) is 8.10. The van der Waals surface area contributed by atoms with E-state index >= 15 is 0 Å². The number of nitrogens with one attached hydrogen (secondary N) is 1. The first-order valence-electron chi connectivity index (χ1n) is 8.91. The Hall–Kier alpha value is -2.05. The lowest BCUT2D eigenvalue weighted by molar-refractivity contribution is 0.187. The molecule has 1 unspecified atom stereocenters. The molecule has 1 aliphatic heterocycles. The Kier molecular flexibility index (Phi) is 5.84. The summed E-state index contributed by atoms with van der Waals surface area (Å²) < 4.78 is 35.3. The van der Waals surface area contributed by atoms with Crippen LogP contribution in [0.5, 0.6) is 11.5 Å². The zero-order valence-electron chi connectivity index (χ0n) is 15.2. The van der Waals surface area contributed by atoms with Crippen LogP contribution in [0.3, 0.4) is 0 Å². The molecule has 140 valence electrons. The first kappa shape index (κ1) is 18.7. The average Bonchev–Trinajstić information content (AvgIpc) is 3.16. The molecule has 0 aliphatic carbocycles. The summed E-state index contributed by atoms with van der Waals surface area (Å²) in [4.78, 5) is 0.316. The van der Waals surface area contributed by atoms with E-state index in [9.17, 15) is 8.42 Å². The van der Waals surface area contributed by atoms with E-state index in [1.807, 2.05) is 25.1 Å². The molecule has 0 spiro atoms. The summed E-state index contributed by atoms with van der Waals surface area (Å²) in [7, 11) is -3.20. The molecule has 26 heavy (non-hydrogen) atoms. The lowest BCUT2D eigenvalue weighted by Crippen LogP contribution is -2.14. The maximum atomic E-state index is 11.9. The molecule has 0 aromatic heterocycles. The van der Waals surface area contributed by atoms with E-state index in [4.69, 9.17) is 9.47 Å². The lowest BCUT2D eigenvalue weighted by atomic mass is 10.1. The zero-order chi connectivity index (χ0) is 18.6. The Morgan fingerprint density at radius 1 is 1.19 bits per heavy atom. The number of rotatable bonds is 7. The van der Waals surface area contributed by atoms with Crippen LogP contribution < -0.4 is 10.1 Å². The van der Waals surface area contributed by atoms with Crippen LogP contribution in [0.15, 0.2) is 47.4 Å². The van der Waals surface area contributed by atoms with E-state index in [0.717, 1.165) is 43.2 Å². The van der Waals surface area contributed by atoms with Crippen LogP contribution in [0.4, 0.5) is 5.69 Å². The number of anilines is 1. The summed E-state index contributed by atoms with van der Waals surface area (Å²) in [6.07, 6.45) is 1.07. The number of sulfone groups is 1. The fourth-order valence-corrected chi connectivity index (χ4v) is 3.81. The van der Waals surface area contributed by atoms with Crippen molar-refractivity contribution in [3.05, 3.63) is 48.0 Å². The Morgan fingerprint density at radius 2 is 1.96 bits per heavy atom. The molecule has 2 aromatic rings. The summed E-state index contributed by atoms with van der Waals surface area (Å²) in [5, 5.41) is 3.46. The van der Waals surface area contributed by atoms with Crippen LogP contribution in [0.2, 0.25) is 0 Å². The Morgan fingerprint density at radius 3 is 2.62 bits per heavy atom. The maximum Gasteiger partial charge on any atom is 0.178 e. The first-order chi connectivity index (χ1) is 12.5. The third-order valence-electron chi connectivity index (χ3n) is 4.60. The zero-order valence-corrected chi connectivity index (χ0v) is 16.0. The van der Waals surface area contributed by atoms with Gasteiger partial charge in [0.1, 0.15) is 5.75 Å². The molecule has 1 heterocycles. The SMILES string of the molecule is CCS(=O)(=O)c1ccc(Oc2c(C)cccc2NCC2CCOC2)cc1. The van der Waals surface area contributed by atoms with Crippen molar-refractivity contribution in [3.63, 3.8) is 0 Å². The molecular weight excluding hydrogens is 350 g/mol. The second-order valence-electron chi connectivity index (χ2n) is 6.54. The first-order valence-corrected chi connectivity index (χ1v) is 10.6. The highest BCUT2D eigenvalue weighted by Crippen LogP contribution is 2.33. The largest absolute Gasteiger partial charge is 0.455 e. The number of benzene rings is 2. The molecule has 6 heteroatoms. The van der Waals surface area contributed by atoms with Gasteiger partial charge in [-0.3, -0.25) is 0 Å². The van der Waals surface area contributed by atoms with Crippen LogP contribution in [0, 0.1) is 12.8 Å². The Balaban J connectivity index is 1.76. The van der Waals surface area contributed by atoms with Crippen LogP contribution in [-0.4, -0.2) is 33.9 Å². The predicted molar refractivity (Wildman–Crippen MR) is 103 cm³/mol. The minimum absolute atomic E-state index is 0.0872. The van der Waals surface area contributed by atoms with Crippen molar-refractivity contribution in [2.75, 3.05) is 30.8 Å². The van der Waals surface area contributed by atoms with Crippen LogP contribution in [-0.2, 0) is 14.6 Å². The fourth-order valence-electron chi connectivity index (χ4n) is 2.93. The van der Waals surface area contributed by atoms with Gasteiger partial charge in [-0.2, -0.15) is 0 Å². The number of hydrogen-bond donors (Lipinski definition) is 1. The van der Waals surface area contributed by atoms with Gasteiger partial charge in [-0.05, 0) is 49.2 Å². The summed E-state index contributed by atoms with van der Waals surface area (Å²) in [6.45, 7) is 6.10. The standard InChI is InChI=1S/C20H25NO4S/c1-3-26(22,23)18-9-7-17(8-10-18)25-20-15(2)5-4-6-19(20)21-13-16-11-12-24-14-16/h4-10,16,21H,3,11-14H2,1-2H3. The highest BCUT2D eigenvalue weighted by molar-refractivity contribution is 7.91. The van der Waals surface area contributed by atoms with Crippen LogP contribution in [0.1, 0.15) is 18.9 Å². The van der Waals surface area contributed by atoms with E-state index in [0.29, 0.717) is 16.6 Å². The molecule has 5 nitrogen and oxygen atoms in total. The average molecular weight is 375 g/mol. The molecule has 3 rings (SSSR count). The summed E-state index contributed by atoms with van der Waals surface area (Å²) in [5.41, 5.74) is 1.95. The molecule has 2 aromatic carbocycles. The maximum absolute atomic E-state index is 11.9. The molecule has 1 fully saturated rings. The third kappa shape index (κ3) is 4.37. The molecule has 0 bridgehead atoms. The van der Waals surface area contributed by atoms with Crippen LogP contribution >= 0.6 is 0 Å². The second-order valence-corrected chi connectivity index (χ2v) is 8.82. The van der Waals surface area contributed by atoms with Gasteiger partial charge in [0, 0.05) is 19.1 Å². The van der Waals surface area contributed by atoms with Crippen molar-refractivity contribution in [3.8, 4) is 11.5 Å². The van der Waals surface area contributed by atoms with E-state index in [1.54, 1.807) is 31.2 Å². The van der Waals surface area contributed by atoms with Gasteiger partial charge in [0.25, 0.3) is 0 Å². The topological polar surface area (TPSA) is 64.6 Å². The molecule has 0 saturated carbocycles. The van der Waals surface area contributed by atoms with Gasteiger partial charge in [0.15, 0.2) is 15.6 Å². The molecule has 0 amide bonds. The van der Waals surface area contributed by atoms with Gasteiger partial charge in [0.2, 0.25) is 0 Å². The fraction of sp³-hybridized carbons (Fsp3) is 0.400. The number of hydrogen-bond acceptors (Lipinski definition) is 5. The number of para-hydroxylation sites is 1. The molecule has 1 atom stereocenters. The van der Waals surface area contributed by atoms with E-state index in [-0.39, 0.29) is 5.75 Å². The third-order valence-corrected chi connectivity index (χ3v) is 6.35.